The highest BCUT2D eigenvalue weighted by Gasteiger charge is 1.52. The van der Waals surface area contributed by atoms with E-state index in [-0.39, 0.29) is 0 Å². The number of hydrogen-bond donors (Lipinski definition) is 0. The molecule has 0 N–H and O–H groups in total. The fourth-order valence-electron chi connectivity index (χ4n) is 0.183. The van der Waals surface area contributed by atoms with Crippen LogP contribution in [-0.2, 0) is 0 Å². The molecule has 0 unspecified atom stereocenters. The van der Waals surface area contributed by atoms with Crippen LogP contribution in [0.15, 0.2) is 4.66 Å². The summed E-state index contributed by atoms with van der Waals surface area (Å²) < 4.78 is 3.87. The van der Waals surface area contributed by atoms with E-state index in [1.54, 1.807) is 0 Å². The van der Waals surface area contributed by atoms with Crippen LogP contribution in [0.4, 0.5) is 0 Å². The zero-order valence-electron chi connectivity index (χ0n) is 3.73. The van der Waals surface area contributed by atoms with Crippen molar-refractivity contribution in [2.24, 2.45) is 4.66 Å². The zero-order chi connectivity index (χ0) is 4.12. The van der Waals surface area contributed by atoms with Gasteiger partial charge < -0.3 is 4.66 Å². The summed E-state index contributed by atoms with van der Waals surface area (Å²) >= 11 is 0. The van der Waals surface area contributed by atoms with Gasteiger partial charge in [-0.25, -0.2) is 0 Å². The van der Waals surface area contributed by atoms with Gasteiger partial charge in [0.15, 0.2) is 0 Å². The molecule has 0 aliphatic carbocycles. The minimum atomic E-state index is 0.968. The summed E-state index contributed by atoms with van der Waals surface area (Å²) in [5, 5.41) is 0. The standard InChI is InChI=1S/C3H9NSi/c1-2-3-4-5/h3H,2H2,1,5H3. The fourth-order valence-corrected chi connectivity index (χ4v) is 0.548. The summed E-state index contributed by atoms with van der Waals surface area (Å²) in [5.41, 5.74) is 0. The predicted molar refractivity (Wildman–Crippen MR) is 28.7 cm³/mol. The molecule has 0 fully saturated rings. The van der Waals surface area contributed by atoms with Crippen LogP contribution in [0.5, 0.6) is 0 Å². The van der Waals surface area contributed by atoms with Gasteiger partial charge in [-0.1, -0.05) is 6.92 Å². The lowest BCUT2D eigenvalue weighted by Crippen LogP contribution is -1.62. The normalized spacial score (nSPS) is 10.6. The van der Waals surface area contributed by atoms with Crippen LogP contribution in [0.25, 0.3) is 0 Å². The Bertz CT molecular complexity index is 33.9. The van der Waals surface area contributed by atoms with Crippen molar-refractivity contribution >= 4 is 16.6 Å². The molecule has 0 aromatic heterocycles. The molecule has 0 aliphatic rings. The molecule has 0 aromatic carbocycles. The molecule has 0 aromatic rings. The van der Waals surface area contributed by atoms with Crippen molar-refractivity contribution < 1.29 is 0 Å². The van der Waals surface area contributed by atoms with Gasteiger partial charge in [-0.15, -0.1) is 0 Å². The molecule has 0 saturated heterocycles. The van der Waals surface area contributed by atoms with E-state index in [1.165, 1.54) is 0 Å². The molecule has 30 valence electrons. The largest absolute Gasteiger partial charge is 0.345 e. The third-order valence-electron chi connectivity index (χ3n) is 0.365. The Morgan fingerprint density at radius 1 is 2.00 bits per heavy atom. The van der Waals surface area contributed by atoms with Crippen LogP contribution >= 0.6 is 0 Å². The second-order valence-corrected chi connectivity index (χ2v) is 1.37. The second-order valence-electron chi connectivity index (χ2n) is 0.849. The first-order chi connectivity index (χ1) is 2.41. The summed E-state index contributed by atoms with van der Waals surface area (Å²) in [6.07, 6.45) is 3.02. The quantitative estimate of drug-likeness (QED) is 0.309. The van der Waals surface area contributed by atoms with Crippen molar-refractivity contribution in [3.63, 3.8) is 0 Å². The van der Waals surface area contributed by atoms with Crippen molar-refractivity contribution in [2.45, 2.75) is 13.3 Å². The van der Waals surface area contributed by atoms with Gasteiger partial charge >= 0.3 is 0 Å². The van der Waals surface area contributed by atoms with Gasteiger partial charge in [-0.05, 0) is 12.6 Å². The summed E-state index contributed by atoms with van der Waals surface area (Å²) in [5.74, 6) is 0. The van der Waals surface area contributed by atoms with Crippen LogP contribution in [-0.4, -0.2) is 16.6 Å². The van der Waals surface area contributed by atoms with E-state index >= 15 is 0 Å². The van der Waals surface area contributed by atoms with Crippen LogP contribution < -0.4 is 0 Å². The Morgan fingerprint density at radius 2 is 2.60 bits per heavy atom. The SMILES string of the molecule is CCC=N[SiH3]. The zero-order valence-corrected chi connectivity index (χ0v) is 5.73. The van der Waals surface area contributed by atoms with E-state index in [9.17, 15) is 0 Å². The van der Waals surface area contributed by atoms with E-state index in [2.05, 4.69) is 11.6 Å². The summed E-state index contributed by atoms with van der Waals surface area (Å²) in [6.45, 7) is 2.08. The molecule has 2 heteroatoms. The van der Waals surface area contributed by atoms with Gasteiger partial charge in [0, 0.05) is 0 Å². The van der Waals surface area contributed by atoms with Gasteiger partial charge in [0.1, 0.15) is 10.4 Å². The Morgan fingerprint density at radius 3 is 2.60 bits per heavy atom. The van der Waals surface area contributed by atoms with E-state index < -0.39 is 0 Å². The first-order valence-corrected chi connectivity index (χ1v) is 2.72. The van der Waals surface area contributed by atoms with E-state index in [1.807, 2.05) is 6.21 Å². The monoisotopic (exact) mass is 87.1 g/mol. The van der Waals surface area contributed by atoms with Crippen molar-refractivity contribution in [1.29, 1.82) is 0 Å². The summed E-state index contributed by atoms with van der Waals surface area (Å²) in [4.78, 5) is 0. The lowest BCUT2D eigenvalue weighted by Gasteiger charge is -1.66. The van der Waals surface area contributed by atoms with Crippen LogP contribution in [0, 0.1) is 0 Å². The molecule has 0 bridgehead atoms. The Kier molecular flexibility index (Phi) is 3.80. The maximum Gasteiger partial charge on any atom is 0.134 e. The molecule has 0 radical (unpaired) electrons. The molecule has 0 saturated carbocycles. The Hall–Kier alpha value is -0.113. The lowest BCUT2D eigenvalue weighted by molar-refractivity contribution is 1.33. The molecule has 0 atom stereocenters. The first kappa shape index (κ1) is 4.89. The summed E-state index contributed by atoms with van der Waals surface area (Å²) in [6, 6.07) is 0. The van der Waals surface area contributed by atoms with Crippen molar-refractivity contribution in [3.05, 3.63) is 0 Å². The maximum atomic E-state index is 3.87. The van der Waals surface area contributed by atoms with Crippen LogP contribution in [0.1, 0.15) is 13.3 Å². The van der Waals surface area contributed by atoms with E-state index in [0.29, 0.717) is 0 Å². The van der Waals surface area contributed by atoms with E-state index in [4.69, 9.17) is 0 Å². The summed E-state index contributed by atoms with van der Waals surface area (Å²) in [7, 11) is 0.968. The maximum absolute atomic E-state index is 3.87. The smallest absolute Gasteiger partial charge is 0.134 e. The molecule has 0 amide bonds. The number of rotatable bonds is 1. The molecular formula is C3H9NSi. The number of nitrogens with zero attached hydrogens (tertiary/aromatic N) is 1. The Balaban J connectivity index is 2.62. The van der Waals surface area contributed by atoms with Crippen molar-refractivity contribution in [2.75, 3.05) is 0 Å². The highest BCUT2D eigenvalue weighted by atomic mass is 28.2. The highest BCUT2D eigenvalue weighted by molar-refractivity contribution is 6.09. The molecule has 0 rings (SSSR count). The lowest BCUT2D eigenvalue weighted by atomic mass is 10.6. The molecule has 0 spiro atoms. The molecular weight excluding hydrogens is 78.1 g/mol. The van der Waals surface area contributed by atoms with Crippen LogP contribution in [0.3, 0.4) is 0 Å². The fraction of sp³-hybridized carbons (Fsp3) is 0.667. The average Bonchev–Trinajstić information content (AvgIpc) is 1.41. The third-order valence-corrected chi connectivity index (χ3v) is 0.730. The third kappa shape index (κ3) is 3.89. The van der Waals surface area contributed by atoms with Gasteiger partial charge in [0.05, 0.1) is 0 Å². The average molecular weight is 87.2 g/mol. The second kappa shape index (κ2) is 3.89. The van der Waals surface area contributed by atoms with Gasteiger partial charge in [-0.2, -0.15) is 0 Å². The van der Waals surface area contributed by atoms with Gasteiger partial charge in [0.25, 0.3) is 0 Å². The highest BCUT2D eigenvalue weighted by Crippen LogP contribution is 1.59. The molecule has 1 nitrogen and oxygen atoms in total. The number of hydrogen-bond acceptors (Lipinski definition) is 1. The predicted octanol–water partition coefficient (Wildman–Crippen LogP) is -0.252. The van der Waals surface area contributed by atoms with Crippen molar-refractivity contribution in [1.82, 2.24) is 0 Å². The first-order valence-electron chi connectivity index (χ1n) is 1.82. The minimum absolute atomic E-state index is 0.968. The van der Waals surface area contributed by atoms with Crippen molar-refractivity contribution in [3.8, 4) is 0 Å². The molecule has 0 heterocycles. The van der Waals surface area contributed by atoms with Crippen LogP contribution in [0.2, 0.25) is 0 Å². The topological polar surface area (TPSA) is 12.4 Å². The van der Waals surface area contributed by atoms with Gasteiger partial charge in [0.2, 0.25) is 0 Å². The Labute approximate surface area is 35.6 Å². The van der Waals surface area contributed by atoms with Gasteiger partial charge in [-0.3, -0.25) is 0 Å². The molecule has 5 heavy (non-hydrogen) atoms. The minimum Gasteiger partial charge on any atom is -0.345 e. The molecule has 0 aliphatic heterocycles. The van der Waals surface area contributed by atoms with E-state index in [0.717, 1.165) is 16.8 Å².